The number of carbonyl (C=O) groups is 2. The lowest BCUT2D eigenvalue weighted by Gasteiger charge is -2.11. The first-order valence-corrected chi connectivity index (χ1v) is 6.88. The van der Waals surface area contributed by atoms with Gasteiger partial charge in [0.15, 0.2) is 0 Å². The standard InChI is InChI=1S/C16H16N2O3/c1-10-4-7-13(12(9-10)16(20)21)17-15(19)14-3-2-8-18(14)11-5-6-11/h2-4,7-9,11H,5-6H2,1H3,(H,17,19)(H,20,21). The average Bonchev–Trinajstić information content (AvgIpc) is 3.17. The van der Waals surface area contributed by atoms with Crippen molar-refractivity contribution in [1.29, 1.82) is 0 Å². The molecule has 21 heavy (non-hydrogen) atoms. The van der Waals surface area contributed by atoms with Gasteiger partial charge in [0.05, 0.1) is 11.3 Å². The third-order valence-electron chi connectivity index (χ3n) is 3.61. The number of aromatic carboxylic acids is 1. The van der Waals surface area contributed by atoms with E-state index in [0.29, 0.717) is 17.4 Å². The Morgan fingerprint density at radius 3 is 2.71 bits per heavy atom. The Morgan fingerprint density at radius 2 is 2.05 bits per heavy atom. The van der Waals surface area contributed by atoms with Gasteiger partial charge in [0.25, 0.3) is 5.91 Å². The number of nitrogens with one attached hydrogen (secondary N) is 1. The van der Waals surface area contributed by atoms with Crippen molar-refractivity contribution >= 4 is 17.6 Å². The second-order valence-corrected chi connectivity index (χ2v) is 5.34. The first-order valence-electron chi connectivity index (χ1n) is 6.88. The summed E-state index contributed by atoms with van der Waals surface area (Å²) >= 11 is 0. The molecule has 0 spiro atoms. The van der Waals surface area contributed by atoms with Crippen LogP contribution in [0.4, 0.5) is 5.69 Å². The lowest BCUT2D eigenvalue weighted by Crippen LogP contribution is -2.18. The Labute approximate surface area is 122 Å². The molecule has 3 rings (SSSR count). The number of hydrogen-bond donors (Lipinski definition) is 2. The van der Waals surface area contributed by atoms with Crippen molar-refractivity contribution in [3.8, 4) is 0 Å². The molecule has 1 aromatic carbocycles. The highest BCUT2D eigenvalue weighted by atomic mass is 16.4. The van der Waals surface area contributed by atoms with Crippen molar-refractivity contribution in [1.82, 2.24) is 4.57 Å². The molecule has 1 aromatic heterocycles. The summed E-state index contributed by atoms with van der Waals surface area (Å²) in [5.74, 6) is -1.33. The monoisotopic (exact) mass is 284 g/mol. The van der Waals surface area contributed by atoms with E-state index in [4.69, 9.17) is 0 Å². The number of hydrogen-bond acceptors (Lipinski definition) is 2. The van der Waals surface area contributed by atoms with Gasteiger partial charge in [-0.15, -0.1) is 0 Å². The molecule has 0 unspecified atom stereocenters. The summed E-state index contributed by atoms with van der Waals surface area (Å²) in [5, 5.41) is 11.9. The molecule has 108 valence electrons. The summed E-state index contributed by atoms with van der Waals surface area (Å²) in [4.78, 5) is 23.6. The lowest BCUT2D eigenvalue weighted by atomic mass is 10.1. The van der Waals surface area contributed by atoms with Crippen LogP contribution in [0.3, 0.4) is 0 Å². The highest BCUT2D eigenvalue weighted by Gasteiger charge is 2.27. The summed E-state index contributed by atoms with van der Waals surface area (Å²) in [7, 11) is 0. The Morgan fingerprint density at radius 1 is 1.29 bits per heavy atom. The summed E-state index contributed by atoms with van der Waals surface area (Å²) in [6, 6.07) is 8.95. The van der Waals surface area contributed by atoms with E-state index in [9.17, 15) is 14.7 Å². The van der Waals surface area contributed by atoms with E-state index in [1.165, 1.54) is 0 Å². The van der Waals surface area contributed by atoms with E-state index in [0.717, 1.165) is 18.4 Å². The molecular formula is C16H16N2O3. The zero-order chi connectivity index (χ0) is 15.0. The number of anilines is 1. The van der Waals surface area contributed by atoms with E-state index in [1.54, 1.807) is 24.3 Å². The number of rotatable bonds is 4. The first kappa shape index (κ1) is 13.4. The van der Waals surface area contributed by atoms with Crippen LogP contribution in [0.25, 0.3) is 0 Å². The number of nitrogens with zero attached hydrogens (tertiary/aromatic N) is 1. The molecule has 1 aliphatic rings. The van der Waals surface area contributed by atoms with Gasteiger partial charge in [-0.25, -0.2) is 4.79 Å². The highest BCUT2D eigenvalue weighted by Crippen LogP contribution is 2.36. The SMILES string of the molecule is Cc1ccc(NC(=O)c2cccn2C2CC2)c(C(=O)O)c1. The molecule has 2 aromatic rings. The van der Waals surface area contributed by atoms with E-state index >= 15 is 0 Å². The maximum atomic E-state index is 12.4. The summed E-state index contributed by atoms with van der Waals surface area (Å²) in [5.41, 5.74) is 1.83. The van der Waals surface area contributed by atoms with Crippen LogP contribution in [-0.4, -0.2) is 21.6 Å². The topological polar surface area (TPSA) is 71.3 Å². The molecule has 5 nitrogen and oxygen atoms in total. The fourth-order valence-corrected chi connectivity index (χ4v) is 2.39. The van der Waals surface area contributed by atoms with E-state index in [1.807, 2.05) is 23.8 Å². The fourth-order valence-electron chi connectivity index (χ4n) is 2.39. The van der Waals surface area contributed by atoms with Crippen molar-refractivity contribution in [2.45, 2.75) is 25.8 Å². The highest BCUT2D eigenvalue weighted by molar-refractivity contribution is 6.07. The summed E-state index contributed by atoms with van der Waals surface area (Å²) < 4.78 is 1.95. The molecule has 0 radical (unpaired) electrons. The number of aryl methyl sites for hydroxylation is 1. The van der Waals surface area contributed by atoms with Crippen LogP contribution < -0.4 is 5.32 Å². The Kier molecular flexibility index (Phi) is 3.25. The molecule has 1 aliphatic carbocycles. The van der Waals surface area contributed by atoms with Crippen LogP contribution in [0.2, 0.25) is 0 Å². The van der Waals surface area contributed by atoms with Crippen LogP contribution in [0.5, 0.6) is 0 Å². The van der Waals surface area contributed by atoms with Gasteiger partial charge in [-0.3, -0.25) is 4.79 Å². The van der Waals surface area contributed by atoms with Crippen molar-refractivity contribution in [3.63, 3.8) is 0 Å². The molecule has 0 atom stereocenters. The fraction of sp³-hybridized carbons (Fsp3) is 0.250. The number of amides is 1. The van der Waals surface area contributed by atoms with E-state index < -0.39 is 5.97 Å². The molecule has 5 heteroatoms. The predicted octanol–water partition coefficient (Wildman–Crippen LogP) is 3.08. The van der Waals surface area contributed by atoms with Gasteiger partial charge < -0.3 is 15.0 Å². The molecule has 0 bridgehead atoms. The van der Waals surface area contributed by atoms with Crippen molar-refractivity contribution in [2.75, 3.05) is 5.32 Å². The van der Waals surface area contributed by atoms with Crippen LogP contribution in [0.1, 0.15) is 45.3 Å². The van der Waals surface area contributed by atoms with Crippen molar-refractivity contribution < 1.29 is 14.7 Å². The second-order valence-electron chi connectivity index (χ2n) is 5.34. The quantitative estimate of drug-likeness (QED) is 0.906. The minimum Gasteiger partial charge on any atom is -0.478 e. The van der Waals surface area contributed by atoms with E-state index in [2.05, 4.69) is 5.32 Å². The molecule has 2 N–H and O–H groups in total. The average molecular weight is 284 g/mol. The van der Waals surface area contributed by atoms with Crippen LogP contribution in [0.15, 0.2) is 36.5 Å². The molecule has 1 saturated carbocycles. The first-order chi connectivity index (χ1) is 10.1. The number of carboxylic acid groups (broad SMARTS) is 1. The maximum Gasteiger partial charge on any atom is 0.337 e. The molecule has 0 aliphatic heterocycles. The van der Waals surface area contributed by atoms with Crippen LogP contribution >= 0.6 is 0 Å². The summed E-state index contributed by atoms with van der Waals surface area (Å²) in [6.07, 6.45) is 4.06. The Balaban J connectivity index is 1.88. The molecule has 1 fully saturated rings. The van der Waals surface area contributed by atoms with Crippen LogP contribution in [0, 0.1) is 6.92 Å². The smallest absolute Gasteiger partial charge is 0.337 e. The normalized spacial score (nSPS) is 14.0. The number of carbonyl (C=O) groups excluding carboxylic acids is 1. The van der Waals surface area contributed by atoms with Crippen molar-refractivity contribution in [3.05, 3.63) is 53.3 Å². The van der Waals surface area contributed by atoms with Gasteiger partial charge in [0.2, 0.25) is 0 Å². The lowest BCUT2D eigenvalue weighted by molar-refractivity contribution is 0.0698. The minimum atomic E-state index is -1.05. The predicted molar refractivity (Wildman–Crippen MR) is 78.8 cm³/mol. The van der Waals surface area contributed by atoms with Gasteiger partial charge in [-0.2, -0.15) is 0 Å². The number of carboxylic acids is 1. The number of benzene rings is 1. The van der Waals surface area contributed by atoms with Gasteiger partial charge in [-0.05, 0) is 44.0 Å². The zero-order valence-corrected chi connectivity index (χ0v) is 11.7. The third kappa shape index (κ3) is 2.67. The Bertz CT molecular complexity index is 714. The molecule has 1 amide bonds. The van der Waals surface area contributed by atoms with E-state index in [-0.39, 0.29) is 11.5 Å². The van der Waals surface area contributed by atoms with Gasteiger partial charge in [-0.1, -0.05) is 11.6 Å². The summed E-state index contributed by atoms with van der Waals surface area (Å²) in [6.45, 7) is 1.82. The van der Waals surface area contributed by atoms with Crippen LogP contribution in [-0.2, 0) is 0 Å². The van der Waals surface area contributed by atoms with Gasteiger partial charge >= 0.3 is 5.97 Å². The zero-order valence-electron chi connectivity index (χ0n) is 11.7. The molecular weight excluding hydrogens is 268 g/mol. The Hall–Kier alpha value is -2.56. The second kappa shape index (κ2) is 5.09. The molecule has 0 saturated heterocycles. The van der Waals surface area contributed by atoms with Crippen molar-refractivity contribution in [2.24, 2.45) is 0 Å². The largest absolute Gasteiger partial charge is 0.478 e. The van der Waals surface area contributed by atoms with Gasteiger partial charge in [0.1, 0.15) is 5.69 Å². The van der Waals surface area contributed by atoms with Gasteiger partial charge in [0, 0.05) is 12.2 Å². The third-order valence-corrected chi connectivity index (χ3v) is 3.61. The maximum absolute atomic E-state index is 12.4. The minimum absolute atomic E-state index is 0.105. The molecule has 1 heterocycles. The number of aromatic nitrogens is 1.